The van der Waals surface area contributed by atoms with Crippen LogP contribution in [0.1, 0.15) is 30.0 Å². The lowest BCUT2D eigenvalue weighted by Gasteiger charge is -2.08. The van der Waals surface area contributed by atoms with Crippen LogP contribution >= 0.6 is 27.5 Å². The fraction of sp³-hybridized carbons (Fsp3) is 0.286. The second-order valence-electron chi connectivity index (χ2n) is 4.64. The van der Waals surface area contributed by atoms with Crippen LogP contribution in [0.25, 0.3) is 11.4 Å². The summed E-state index contributed by atoms with van der Waals surface area (Å²) in [5.74, 6) is 0.726. The zero-order valence-corrected chi connectivity index (χ0v) is 12.4. The summed E-state index contributed by atoms with van der Waals surface area (Å²) in [4.78, 5) is 8.96. The smallest absolute Gasteiger partial charge is 0.159 e. The number of rotatable bonds is 3. The Hall–Kier alpha value is -1.00. The molecule has 3 rings (SSSR count). The van der Waals surface area contributed by atoms with Crippen molar-refractivity contribution in [3.8, 4) is 11.4 Å². The molecule has 1 aromatic carbocycles. The lowest BCUT2D eigenvalue weighted by atomic mass is 10.1. The number of nitrogens with zero attached hydrogens (tertiary/aromatic N) is 2. The lowest BCUT2D eigenvalue weighted by Crippen LogP contribution is -1.99. The molecule has 0 saturated heterocycles. The van der Waals surface area contributed by atoms with Crippen molar-refractivity contribution in [2.75, 3.05) is 0 Å². The molecule has 0 radical (unpaired) electrons. The van der Waals surface area contributed by atoms with Crippen LogP contribution in [0, 0.1) is 5.82 Å². The molecule has 0 atom stereocenters. The Morgan fingerprint density at radius 3 is 2.79 bits per heavy atom. The molecule has 1 fully saturated rings. The fourth-order valence-electron chi connectivity index (χ4n) is 2.01. The monoisotopic (exact) mass is 340 g/mol. The van der Waals surface area contributed by atoms with E-state index >= 15 is 0 Å². The quantitative estimate of drug-likeness (QED) is 0.756. The van der Waals surface area contributed by atoms with E-state index in [0.29, 0.717) is 11.7 Å². The second-order valence-corrected chi connectivity index (χ2v) is 5.61. The molecule has 0 aliphatic heterocycles. The Bertz CT molecular complexity index is 629. The first-order valence-corrected chi connectivity index (χ1v) is 7.56. The minimum absolute atomic E-state index is 0.0960. The lowest BCUT2D eigenvalue weighted by molar-refractivity contribution is 0.628. The summed E-state index contributed by atoms with van der Waals surface area (Å²) >= 11 is 9.25. The van der Waals surface area contributed by atoms with Gasteiger partial charge in [-0.2, -0.15) is 0 Å². The summed E-state index contributed by atoms with van der Waals surface area (Å²) in [6, 6.07) is 4.56. The molecule has 0 spiro atoms. The first-order chi connectivity index (χ1) is 9.19. The van der Waals surface area contributed by atoms with Gasteiger partial charge in [-0.15, -0.1) is 0 Å². The number of hydrogen-bond acceptors (Lipinski definition) is 2. The third kappa shape index (κ3) is 2.65. The average Bonchev–Trinajstić information content (AvgIpc) is 3.25. The number of benzene rings is 1. The van der Waals surface area contributed by atoms with E-state index in [-0.39, 0.29) is 5.02 Å². The molecular formula is C14H11BrClFN2. The van der Waals surface area contributed by atoms with Crippen molar-refractivity contribution in [1.82, 2.24) is 9.97 Å². The van der Waals surface area contributed by atoms with E-state index in [2.05, 4.69) is 25.9 Å². The Labute approximate surface area is 124 Å². The molecule has 1 saturated carbocycles. The van der Waals surface area contributed by atoms with Crippen molar-refractivity contribution in [1.29, 1.82) is 0 Å². The van der Waals surface area contributed by atoms with E-state index in [0.717, 1.165) is 22.2 Å². The van der Waals surface area contributed by atoms with Gasteiger partial charge in [-0.3, -0.25) is 0 Å². The van der Waals surface area contributed by atoms with Crippen LogP contribution in [0.2, 0.25) is 5.02 Å². The van der Waals surface area contributed by atoms with E-state index in [1.54, 1.807) is 12.1 Å². The number of alkyl halides is 1. The number of hydrogen-bond donors (Lipinski definition) is 0. The van der Waals surface area contributed by atoms with Crippen molar-refractivity contribution in [3.05, 3.63) is 46.5 Å². The standard InChI is InChI=1S/C14H11BrClFN2/c15-6-10-7-18-14(19-13(10)8-1-2-8)9-3-4-12(17)11(16)5-9/h3-5,7-8H,1-2,6H2. The molecule has 1 aliphatic carbocycles. The Morgan fingerprint density at radius 2 is 2.16 bits per heavy atom. The Morgan fingerprint density at radius 1 is 1.37 bits per heavy atom. The predicted octanol–water partition coefficient (Wildman–Crippen LogP) is 4.71. The maximum atomic E-state index is 13.2. The molecule has 0 amide bonds. The van der Waals surface area contributed by atoms with E-state index in [9.17, 15) is 4.39 Å². The zero-order valence-electron chi connectivity index (χ0n) is 10.0. The Balaban J connectivity index is 2.04. The maximum Gasteiger partial charge on any atom is 0.159 e. The third-order valence-electron chi connectivity index (χ3n) is 3.18. The van der Waals surface area contributed by atoms with Crippen molar-refractivity contribution in [2.45, 2.75) is 24.1 Å². The van der Waals surface area contributed by atoms with E-state index in [1.807, 2.05) is 6.20 Å². The molecule has 1 aromatic heterocycles. The second kappa shape index (κ2) is 5.17. The Kier molecular flexibility index (Phi) is 3.54. The summed E-state index contributed by atoms with van der Waals surface area (Å²) in [7, 11) is 0. The summed E-state index contributed by atoms with van der Waals surface area (Å²) in [6.45, 7) is 0. The highest BCUT2D eigenvalue weighted by molar-refractivity contribution is 9.08. The van der Waals surface area contributed by atoms with E-state index in [4.69, 9.17) is 11.6 Å². The highest BCUT2D eigenvalue weighted by atomic mass is 79.9. The zero-order chi connectivity index (χ0) is 13.4. The van der Waals surface area contributed by atoms with E-state index < -0.39 is 5.82 Å². The highest BCUT2D eigenvalue weighted by Gasteiger charge is 2.28. The van der Waals surface area contributed by atoms with Crippen molar-refractivity contribution in [3.63, 3.8) is 0 Å². The van der Waals surface area contributed by atoms with Gasteiger partial charge in [0.15, 0.2) is 5.82 Å². The average molecular weight is 342 g/mol. The molecule has 2 aromatic rings. The molecule has 0 bridgehead atoms. The molecule has 1 aliphatic rings. The van der Waals surface area contributed by atoms with Crippen LogP contribution < -0.4 is 0 Å². The summed E-state index contributed by atoms with van der Waals surface area (Å²) in [5, 5.41) is 0.849. The van der Waals surface area contributed by atoms with Crippen LogP contribution in [0.3, 0.4) is 0 Å². The SMILES string of the molecule is Fc1ccc(-c2ncc(CBr)c(C3CC3)n2)cc1Cl. The minimum atomic E-state index is -0.426. The van der Waals surface area contributed by atoms with Crippen molar-refractivity contribution in [2.24, 2.45) is 0 Å². The maximum absolute atomic E-state index is 13.2. The largest absolute Gasteiger partial charge is 0.236 e. The van der Waals surface area contributed by atoms with Gasteiger partial charge in [0.1, 0.15) is 5.82 Å². The summed E-state index contributed by atoms with van der Waals surface area (Å²) in [6.07, 6.45) is 4.20. The van der Waals surface area contributed by atoms with Crippen LogP contribution in [0.15, 0.2) is 24.4 Å². The number of halogens is 3. The fourth-order valence-corrected chi connectivity index (χ4v) is 2.62. The molecule has 1 heterocycles. The predicted molar refractivity (Wildman–Crippen MR) is 77.0 cm³/mol. The normalized spacial score (nSPS) is 14.7. The van der Waals surface area contributed by atoms with Gasteiger partial charge in [0, 0.05) is 28.6 Å². The molecule has 0 unspecified atom stereocenters. The highest BCUT2D eigenvalue weighted by Crippen LogP contribution is 2.41. The van der Waals surface area contributed by atoms with Gasteiger partial charge < -0.3 is 0 Å². The van der Waals surface area contributed by atoms with Crippen molar-refractivity contribution < 1.29 is 4.39 Å². The van der Waals surface area contributed by atoms with Gasteiger partial charge in [0.2, 0.25) is 0 Å². The van der Waals surface area contributed by atoms with Gasteiger partial charge >= 0.3 is 0 Å². The van der Waals surface area contributed by atoms with E-state index in [1.165, 1.54) is 18.9 Å². The van der Waals surface area contributed by atoms with Crippen LogP contribution in [0.5, 0.6) is 0 Å². The first-order valence-electron chi connectivity index (χ1n) is 6.06. The van der Waals surface area contributed by atoms with Crippen LogP contribution in [-0.4, -0.2) is 9.97 Å². The van der Waals surface area contributed by atoms with Gasteiger partial charge in [-0.1, -0.05) is 27.5 Å². The van der Waals surface area contributed by atoms with Gasteiger partial charge in [0.05, 0.1) is 10.7 Å². The number of aromatic nitrogens is 2. The summed E-state index contributed by atoms with van der Waals surface area (Å²) in [5.41, 5.74) is 2.97. The molecule has 5 heteroatoms. The van der Waals surface area contributed by atoms with Gasteiger partial charge in [-0.05, 0) is 31.0 Å². The summed E-state index contributed by atoms with van der Waals surface area (Å²) < 4.78 is 13.2. The molecule has 19 heavy (non-hydrogen) atoms. The minimum Gasteiger partial charge on any atom is -0.236 e. The topological polar surface area (TPSA) is 25.8 Å². The molecular weight excluding hydrogens is 331 g/mol. The van der Waals surface area contributed by atoms with Crippen LogP contribution in [0.4, 0.5) is 4.39 Å². The van der Waals surface area contributed by atoms with Gasteiger partial charge in [0.25, 0.3) is 0 Å². The third-order valence-corrected chi connectivity index (χ3v) is 4.08. The van der Waals surface area contributed by atoms with Gasteiger partial charge in [-0.25, -0.2) is 14.4 Å². The molecule has 0 N–H and O–H groups in total. The first kappa shape index (κ1) is 13.0. The van der Waals surface area contributed by atoms with Crippen LogP contribution in [-0.2, 0) is 5.33 Å². The molecule has 2 nitrogen and oxygen atoms in total. The molecule has 98 valence electrons. The van der Waals surface area contributed by atoms with Crippen molar-refractivity contribution >= 4 is 27.5 Å².